The predicted octanol–water partition coefficient (Wildman–Crippen LogP) is 2.09. The van der Waals surface area contributed by atoms with Gasteiger partial charge in [0, 0.05) is 38.6 Å². The quantitative estimate of drug-likeness (QED) is 0.854. The fourth-order valence-corrected chi connectivity index (χ4v) is 3.84. The number of fused-ring (bicyclic) bond motifs is 1. The zero-order chi connectivity index (χ0) is 18.1. The highest BCUT2D eigenvalue weighted by atomic mass is 35.5. The number of furan rings is 1. The van der Waals surface area contributed by atoms with E-state index in [0.717, 1.165) is 17.7 Å². The van der Waals surface area contributed by atoms with Crippen LogP contribution in [0.15, 0.2) is 47.1 Å². The van der Waals surface area contributed by atoms with Gasteiger partial charge in [-0.05, 0) is 30.2 Å². The Labute approximate surface area is 164 Å². The first-order valence-electron chi connectivity index (χ1n) is 9.07. The molecule has 1 aromatic heterocycles. The minimum absolute atomic E-state index is 0. The number of nitrogens with zero attached hydrogens (tertiary/aromatic N) is 2. The molecule has 0 saturated carbocycles. The van der Waals surface area contributed by atoms with Crippen LogP contribution in [0, 0.1) is 0 Å². The topological polar surface area (TPSA) is 65.8 Å². The van der Waals surface area contributed by atoms with E-state index in [9.17, 15) is 9.59 Å². The zero-order valence-electron chi connectivity index (χ0n) is 15.3. The Morgan fingerprint density at radius 1 is 1.15 bits per heavy atom. The Balaban J connectivity index is 0.00000210. The number of carbonyl (C=O) groups is 2. The Kier molecular flexibility index (Phi) is 5.87. The average molecular weight is 390 g/mol. The molecule has 0 spiro atoms. The van der Waals surface area contributed by atoms with E-state index in [1.807, 2.05) is 29.2 Å². The number of carbonyl (C=O) groups excluding carboxylic acids is 2. The van der Waals surface area contributed by atoms with Crippen LogP contribution in [0.3, 0.4) is 0 Å². The van der Waals surface area contributed by atoms with Gasteiger partial charge in [0.2, 0.25) is 5.91 Å². The molecule has 6 nitrogen and oxygen atoms in total. The largest absolute Gasteiger partial charge is 0.459 e. The van der Waals surface area contributed by atoms with Crippen molar-refractivity contribution in [3.05, 3.63) is 59.5 Å². The summed E-state index contributed by atoms with van der Waals surface area (Å²) in [6.45, 7) is 4.61. The van der Waals surface area contributed by atoms with Gasteiger partial charge in [0.15, 0.2) is 5.76 Å². The van der Waals surface area contributed by atoms with Crippen LogP contribution in [0.2, 0.25) is 0 Å². The lowest BCUT2D eigenvalue weighted by Crippen LogP contribution is -2.58. The number of hydrogen-bond donors (Lipinski definition) is 1. The first-order chi connectivity index (χ1) is 12.6. The zero-order valence-corrected chi connectivity index (χ0v) is 16.1. The van der Waals surface area contributed by atoms with E-state index in [1.54, 1.807) is 17.0 Å². The van der Waals surface area contributed by atoms with Crippen molar-refractivity contribution in [1.29, 1.82) is 0 Å². The summed E-state index contributed by atoms with van der Waals surface area (Å²) in [6, 6.07) is 11.1. The number of rotatable bonds is 2. The molecule has 1 fully saturated rings. The fraction of sp³-hybridized carbons (Fsp3) is 0.400. The molecule has 2 aliphatic rings. The molecule has 2 amide bonds. The molecule has 144 valence electrons. The molecule has 0 aliphatic carbocycles. The van der Waals surface area contributed by atoms with Crippen LogP contribution in [0.5, 0.6) is 0 Å². The van der Waals surface area contributed by atoms with Crippen molar-refractivity contribution < 1.29 is 14.0 Å². The molecule has 1 N–H and O–H groups in total. The lowest BCUT2D eigenvalue weighted by molar-refractivity contribution is -0.137. The van der Waals surface area contributed by atoms with Crippen LogP contribution in [-0.4, -0.2) is 53.3 Å². The van der Waals surface area contributed by atoms with Crippen molar-refractivity contribution >= 4 is 24.2 Å². The van der Waals surface area contributed by atoms with Crippen molar-refractivity contribution in [1.82, 2.24) is 15.1 Å². The van der Waals surface area contributed by atoms with Crippen LogP contribution >= 0.6 is 12.4 Å². The second-order valence-electron chi connectivity index (χ2n) is 7.04. The summed E-state index contributed by atoms with van der Waals surface area (Å²) >= 11 is 0. The summed E-state index contributed by atoms with van der Waals surface area (Å²) in [7, 11) is 0. The highest BCUT2D eigenvalue weighted by Crippen LogP contribution is 2.26. The molecule has 0 radical (unpaired) electrons. The minimum atomic E-state index is -0.493. The first kappa shape index (κ1) is 19.5. The third-order valence-corrected chi connectivity index (χ3v) is 5.21. The van der Waals surface area contributed by atoms with Crippen LogP contribution < -0.4 is 5.32 Å². The van der Waals surface area contributed by atoms with Gasteiger partial charge in [-0.2, -0.15) is 0 Å². The monoisotopic (exact) mass is 389 g/mol. The van der Waals surface area contributed by atoms with Gasteiger partial charge in [-0.25, -0.2) is 0 Å². The van der Waals surface area contributed by atoms with Crippen molar-refractivity contribution in [2.24, 2.45) is 0 Å². The Morgan fingerprint density at radius 3 is 2.63 bits per heavy atom. The second kappa shape index (κ2) is 8.15. The highest BCUT2D eigenvalue weighted by Gasteiger charge is 2.38. The van der Waals surface area contributed by atoms with Crippen LogP contribution in [0.25, 0.3) is 0 Å². The fourth-order valence-electron chi connectivity index (χ4n) is 3.84. The standard InChI is InChI=1S/C20H23N3O3.ClH/c1-14-12-22(9-8-21-14)19(24)17-11-15-5-2-3-6-16(15)13-23(17)20(25)18-7-4-10-26-18;/h2-7,10,14,17,21H,8-9,11-13H2,1H3;1H. The van der Waals surface area contributed by atoms with Gasteiger partial charge < -0.3 is 19.5 Å². The summed E-state index contributed by atoms with van der Waals surface area (Å²) < 4.78 is 5.30. The Bertz CT molecular complexity index is 809. The van der Waals surface area contributed by atoms with E-state index in [4.69, 9.17) is 4.42 Å². The second-order valence-corrected chi connectivity index (χ2v) is 7.04. The third kappa shape index (κ3) is 3.87. The van der Waals surface area contributed by atoms with Gasteiger partial charge in [0.1, 0.15) is 6.04 Å². The number of benzene rings is 1. The number of nitrogens with one attached hydrogen (secondary N) is 1. The maximum atomic E-state index is 13.3. The first-order valence-corrected chi connectivity index (χ1v) is 9.07. The van der Waals surface area contributed by atoms with Gasteiger partial charge in [-0.3, -0.25) is 9.59 Å². The van der Waals surface area contributed by atoms with E-state index in [-0.39, 0.29) is 36.0 Å². The smallest absolute Gasteiger partial charge is 0.290 e. The lowest BCUT2D eigenvalue weighted by atomic mass is 9.92. The third-order valence-electron chi connectivity index (χ3n) is 5.21. The van der Waals surface area contributed by atoms with Gasteiger partial charge >= 0.3 is 0 Å². The molecule has 2 atom stereocenters. The summed E-state index contributed by atoms with van der Waals surface area (Å²) in [6.07, 6.45) is 2.03. The summed E-state index contributed by atoms with van der Waals surface area (Å²) in [5, 5.41) is 3.35. The van der Waals surface area contributed by atoms with E-state index >= 15 is 0 Å². The number of amides is 2. The maximum absolute atomic E-state index is 13.3. The molecule has 3 heterocycles. The molecule has 27 heavy (non-hydrogen) atoms. The van der Waals surface area contributed by atoms with Crippen molar-refractivity contribution in [2.45, 2.75) is 32.0 Å². The van der Waals surface area contributed by atoms with Crippen molar-refractivity contribution in [3.63, 3.8) is 0 Å². The normalized spacial score (nSPS) is 22.0. The van der Waals surface area contributed by atoms with Crippen LogP contribution in [0.1, 0.15) is 28.6 Å². The molecule has 2 aliphatic heterocycles. The van der Waals surface area contributed by atoms with Crippen LogP contribution in [-0.2, 0) is 17.8 Å². The average Bonchev–Trinajstić information content (AvgIpc) is 3.20. The number of hydrogen-bond acceptors (Lipinski definition) is 4. The van der Waals surface area contributed by atoms with Gasteiger partial charge in [0.25, 0.3) is 5.91 Å². The molecule has 1 aromatic carbocycles. The lowest BCUT2D eigenvalue weighted by Gasteiger charge is -2.40. The van der Waals surface area contributed by atoms with Crippen molar-refractivity contribution in [3.8, 4) is 0 Å². The van der Waals surface area contributed by atoms with Gasteiger partial charge in [-0.1, -0.05) is 24.3 Å². The van der Waals surface area contributed by atoms with Gasteiger partial charge in [0.05, 0.1) is 6.26 Å². The number of halogens is 1. The summed E-state index contributed by atoms with van der Waals surface area (Å²) in [4.78, 5) is 29.8. The molecular formula is C20H24ClN3O3. The Hall–Kier alpha value is -2.31. The summed E-state index contributed by atoms with van der Waals surface area (Å²) in [5.74, 6) is 0.0645. The maximum Gasteiger partial charge on any atom is 0.290 e. The highest BCUT2D eigenvalue weighted by molar-refractivity contribution is 5.96. The molecule has 1 saturated heterocycles. The molecule has 2 unspecified atom stereocenters. The van der Waals surface area contributed by atoms with E-state index in [2.05, 4.69) is 12.2 Å². The SMILES string of the molecule is CC1CN(C(=O)C2Cc3ccccc3CN2C(=O)c2ccco2)CCN1.Cl. The predicted molar refractivity (Wildman–Crippen MR) is 104 cm³/mol. The summed E-state index contributed by atoms with van der Waals surface area (Å²) in [5.41, 5.74) is 2.22. The number of piperazine rings is 1. The Morgan fingerprint density at radius 2 is 1.93 bits per heavy atom. The molecule has 0 bridgehead atoms. The molecular weight excluding hydrogens is 366 g/mol. The molecule has 7 heteroatoms. The van der Waals surface area contributed by atoms with E-state index in [1.165, 1.54) is 6.26 Å². The molecule has 2 aromatic rings. The minimum Gasteiger partial charge on any atom is -0.459 e. The van der Waals surface area contributed by atoms with E-state index < -0.39 is 6.04 Å². The van der Waals surface area contributed by atoms with Crippen molar-refractivity contribution in [2.75, 3.05) is 19.6 Å². The molecule has 4 rings (SSSR count). The van der Waals surface area contributed by atoms with Gasteiger partial charge in [-0.15, -0.1) is 12.4 Å². The van der Waals surface area contributed by atoms with E-state index in [0.29, 0.717) is 26.1 Å². The van der Waals surface area contributed by atoms with Crippen LogP contribution in [0.4, 0.5) is 0 Å².